The molecular formula is C17H19N3O2. The quantitative estimate of drug-likeness (QED) is 0.882. The third-order valence-electron chi connectivity index (χ3n) is 3.14. The SMILES string of the molecule is CC(=O)c1cc(NC(=O)C(C)(C)C)nnc1-c1ccccc1. The number of nitrogens with zero attached hydrogens (tertiary/aromatic N) is 2. The summed E-state index contributed by atoms with van der Waals surface area (Å²) >= 11 is 0. The maximum absolute atomic E-state index is 12.0. The van der Waals surface area contributed by atoms with Crippen LogP contribution in [0.2, 0.25) is 0 Å². The molecule has 1 heterocycles. The van der Waals surface area contributed by atoms with Crippen molar-refractivity contribution >= 4 is 17.5 Å². The highest BCUT2D eigenvalue weighted by molar-refractivity contribution is 6.01. The smallest absolute Gasteiger partial charge is 0.230 e. The molecule has 0 unspecified atom stereocenters. The first-order valence-corrected chi connectivity index (χ1v) is 7.04. The molecule has 0 spiro atoms. The summed E-state index contributed by atoms with van der Waals surface area (Å²) in [6.45, 7) is 6.89. The van der Waals surface area contributed by atoms with E-state index < -0.39 is 5.41 Å². The number of carbonyl (C=O) groups excluding carboxylic acids is 2. The van der Waals surface area contributed by atoms with Crippen LogP contribution >= 0.6 is 0 Å². The van der Waals surface area contributed by atoms with E-state index in [-0.39, 0.29) is 17.5 Å². The first-order chi connectivity index (χ1) is 10.3. The van der Waals surface area contributed by atoms with Crippen molar-refractivity contribution in [3.05, 3.63) is 42.0 Å². The Morgan fingerprint density at radius 3 is 2.23 bits per heavy atom. The number of anilines is 1. The van der Waals surface area contributed by atoms with E-state index in [1.165, 1.54) is 6.92 Å². The molecule has 0 aliphatic rings. The molecule has 22 heavy (non-hydrogen) atoms. The maximum Gasteiger partial charge on any atom is 0.230 e. The molecule has 2 rings (SSSR count). The van der Waals surface area contributed by atoms with Crippen LogP contribution in [-0.2, 0) is 4.79 Å². The van der Waals surface area contributed by atoms with Gasteiger partial charge < -0.3 is 5.32 Å². The maximum atomic E-state index is 12.0. The van der Waals surface area contributed by atoms with E-state index in [0.29, 0.717) is 11.3 Å². The fourth-order valence-corrected chi connectivity index (χ4v) is 1.83. The van der Waals surface area contributed by atoms with Gasteiger partial charge >= 0.3 is 0 Å². The van der Waals surface area contributed by atoms with Crippen LogP contribution in [0.3, 0.4) is 0 Å². The normalized spacial score (nSPS) is 11.1. The van der Waals surface area contributed by atoms with Gasteiger partial charge in [-0.3, -0.25) is 9.59 Å². The Bertz CT molecular complexity index is 704. The zero-order valence-corrected chi connectivity index (χ0v) is 13.2. The van der Waals surface area contributed by atoms with E-state index in [4.69, 9.17) is 0 Å². The van der Waals surface area contributed by atoms with E-state index in [2.05, 4.69) is 15.5 Å². The van der Waals surface area contributed by atoms with Crippen molar-refractivity contribution in [3.63, 3.8) is 0 Å². The van der Waals surface area contributed by atoms with Gasteiger partial charge in [0.1, 0.15) is 5.69 Å². The summed E-state index contributed by atoms with van der Waals surface area (Å²) in [7, 11) is 0. The number of nitrogens with one attached hydrogen (secondary N) is 1. The number of hydrogen-bond donors (Lipinski definition) is 1. The van der Waals surface area contributed by atoms with Gasteiger partial charge in [0.25, 0.3) is 0 Å². The summed E-state index contributed by atoms with van der Waals surface area (Å²) in [6, 6.07) is 10.9. The van der Waals surface area contributed by atoms with Crippen LogP contribution in [0.15, 0.2) is 36.4 Å². The highest BCUT2D eigenvalue weighted by Gasteiger charge is 2.22. The summed E-state index contributed by atoms with van der Waals surface area (Å²) in [5.74, 6) is -0.0198. The van der Waals surface area contributed by atoms with Crippen molar-refractivity contribution < 1.29 is 9.59 Å². The molecule has 2 aromatic rings. The number of Topliss-reactive ketones (excluding diaryl/α,β-unsaturated/α-hetero) is 1. The molecule has 0 bridgehead atoms. The summed E-state index contributed by atoms with van der Waals surface area (Å²) in [5.41, 5.74) is 1.22. The minimum Gasteiger partial charge on any atom is -0.309 e. The Morgan fingerprint density at radius 1 is 1.05 bits per heavy atom. The fraction of sp³-hybridized carbons (Fsp3) is 0.294. The van der Waals surface area contributed by atoms with Gasteiger partial charge in [-0.25, -0.2) is 0 Å². The van der Waals surface area contributed by atoms with E-state index in [9.17, 15) is 9.59 Å². The van der Waals surface area contributed by atoms with Gasteiger partial charge in [-0.2, -0.15) is 0 Å². The number of amides is 1. The zero-order valence-electron chi connectivity index (χ0n) is 13.2. The van der Waals surface area contributed by atoms with E-state index in [0.717, 1.165) is 5.56 Å². The topological polar surface area (TPSA) is 72.0 Å². The molecule has 0 saturated carbocycles. The summed E-state index contributed by atoms with van der Waals surface area (Å²) in [6.07, 6.45) is 0. The molecule has 1 amide bonds. The average Bonchev–Trinajstić information content (AvgIpc) is 2.47. The van der Waals surface area contributed by atoms with Crippen LogP contribution in [0.5, 0.6) is 0 Å². The van der Waals surface area contributed by atoms with Gasteiger partial charge in [-0.05, 0) is 13.0 Å². The number of benzene rings is 1. The Balaban J connectivity index is 2.40. The number of hydrogen-bond acceptors (Lipinski definition) is 4. The van der Waals surface area contributed by atoms with Crippen molar-refractivity contribution in [2.75, 3.05) is 5.32 Å². The second-order valence-corrected chi connectivity index (χ2v) is 6.12. The Labute approximate surface area is 129 Å². The van der Waals surface area contributed by atoms with Gasteiger partial charge in [0.15, 0.2) is 11.6 Å². The molecule has 5 heteroatoms. The second-order valence-electron chi connectivity index (χ2n) is 6.12. The standard InChI is InChI=1S/C17H19N3O2/c1-11(21)13-10-14(18-16(22)17(2,3)4)19-20-15(13)12-8-6-5-7-9-12/h5-10H,1-4H3,(H,18,19,22). The van der Waals surface area contributed by atoms with E-state index in [1.54, 1.807) is 26.8 Å². The molecule has 0 atom stereocenters. The first kappa shape index (κ1) is 15.8. The van der Waals surface area contributed by atoms with E-state index >= 15 is 0 Å². The largest absolute Gasteiger partial charge is 0.309 e. The van der Waals surface area contributed by atoms with Crippen molar-refractivity contribution in [1.29, 1.82) is 0 Å². The van der Waals surface area contributed by atoms with Gasteiger partial charge in [-0.15, -0.1) is 10.2 Å². The van der Waals surface area contributed by atoms with Crippen molar-refractivity contribution in [2.45, 2.75) is 27.7 Å². The number of carbonyl (C=O) groups is 2. The third kappa shape index (κ3) is 3.55. The van der Waals surface area contributed by atoms with Crippen LogP contribution in [-0.4, -0.2) is 21.9 Å². The molecule has 1 aromatic heterocycles. The van der Waals surface area contributed by atoms with E-state index in [1.807, 2.05) is 30.3 Å². The van der Waals surface area contributed by atoms with Crippen LogP contribution in [0, 0.1) is 5.41 Å². The summed E-state index contributed by atoms with van der Waals surface area (Å²) in [5, 5.41) is 10.8. The van der Waals surface area contributed by atoms with Crippen LogP contribution in [0.4, 0.5) is 5.82 Å². The summed E-state index contributed by atoms with van der Waals surface area (Å²) < 4.78 is 0. The van der Waals surface area contributed by atoms with Crippen molar-refractivity contribution in [3.8, 4) is 11.3 Å². The molecule has 0 saturated heterocycles. The minimum atomic E-state index is -0.545. The highest BCUT2D eigenvalue weighted by atomic mass is 16.2. The molecular weight excluding hydrogens is 278 g/mol. The Morgan fingerprint density at radius 2 is 1.68 bits per heavy atom. The minimum absolute atomic E-state index is 0.125. The van der Waals surface area contributed by atoms with Gasteiger partial charge in [-0.1, -0.05) is 51.1 Å². The zero-order chi connectivity index (χ0) is 16.3. The Kier molecular flexibility index (Phi) is 4.35. The monoisotopic (exact) mass is 297 g/mol. The first-order valence-electron chi connectivity index (χ1n) is 7.04. The third-order valence-corrected chi connectivity index (χ3v) is 3.14. The van der Waals surface area contributed by atoms with Gasteiger partial charge in [0.05, 0.1) is 0 Å². The van der Waals surface area contributed by atoms with Crippen LogP contribution < -0.4 is 5.32 Å². The molecule has 0 aliphatic carbocycles. The molecule has 1 aromatic carbocycles. The van der Waals surface area contributed by atoms with Crippen molar-refractivity contribution in [1.82, 2.24) is 10.2 Å². The lowest BCUT2D eigenvalue weighted by Crippen LogP contribution is -2.28. The number of rotatable bonds is 3. The second kappa shape index (κ2) is 6.05. The lowest BCUT2D eigenvalue weighted by Gasteiger charge is -2.17. The molecule has 1 N–H and O–H groups in total. The van der Waals surface area contributed by atoms with Crippen LogP contribution in [0.1, 0.15) is 38.1 Å². The Hall–Kier alpha value is -2.56. The van der Waals surface area contributed by atoms with Gasteiger partial charge in [0, 0.05) is 16.5 Å². The molecule has 0 aliphatic heterocycles. The predicted molar refractivity (Wildman–Crippen MR) is 85.6 cm³/mol. The molecule has 0 fully saturated rings. The highest BCUT2D eigenvalue weighted by Crippen LogP contribution is 2.23. The molecule has 5 nitrogen and oxygen atoms in total. The number of aromatic nitrogens is 2. The van der Waals surface area contributed by atoms with Crippen molar-refractivity contribution in [2.24, 2.45) is 5.41 Å². The van der Waals surface area contributed by atoms with Crippen LogP contribution in [0.25, 0.3) is 11.3 Å². The number of ketones is 1. The molecule has 0 radical (unpaired) electrons. The lowest BCUT2D eigenvalue weighted by molar-refractivity contribution is -0.123. The van der Waals surface area contributed by atoms with Gasteiger partial charge in [0.2, 0.25) is 5.91 Å². The lowest BCUT2D eigenvalue weighted by atomic mass is 9.96. The molecule has 114 valence electrons. The fourth-order valence-electron chi connectivity index (χ4n) is 1.83. The average molecular weight is 297 g/mol. The summed E-state index contributed by atoms with van der Waals surface area (Å²) in [4.78, 5) is 23.9. The predicted octanol–water partition coefficient (Wildman–Crippen LogP) is 3.33.